The van der Waals surface area contributed by atoms with Crippen LogP contribution in [0.5, 0.6) is 5.75 Å². The van der Waals surface area contributed by atoms with Gasteiger partial charge in [0.15, 0.2) is 0 Å². The lowest BCUT2D eigenvalue weighted by Gasteiger charge is -2.17. The van der Waals surface area contributed by atoms with Gasteiger partial charge in [0.1, 0.15) is 11.4 Å². The molecule has 108 valence electrons. The van der Waals surface area contributed by atoms with Crippen LogP contribution in [-0.4, -0.2) is 18.7 Å². The van der Waals surface area contributed by atoms with Crippen LogP contribution in [0.3, 0.4) is 0 Å². The van der Waals surface area contributed by atoms with E-state index in [0.717, 1.165) is 16.9 Å². The van der Waals surface area contributed by atoms with Gasteiger partial charge in [0.05, 0.1) is 7.11 Å². The smallest absolute Gasteiger partial charge is 0.331 e. The molecule has 0 aromatic heterocycles. The van der Waals surface area contributed by atoms with Gasteiger partial charge in [-0.3, -0.25) is 0 Å². The molecule has 0 saturated carbocycles. The first-order valence-electron chi connectivity index (χ1n) is 6.54. The second-order valence-electron chi connectivity index (χ2n) is 5.47. The normalized spacial score (nSPS) is 12.6. The third-order valence-corrected chi connectivity index (χ3v) is 2.51. The maximum atomic E-state index is 11.5. The largest absolute Gasteiger partial charge is 0.497 e. The van der Waals surface area contributed by atoms with Crippen LogP contribution in [-0.2, 0) is 9.53 Å². The average molecular weight is 274 g/mol. The van der Waals surface area contributed by atoms with Crippen molar-refractivity contribution in [2.75, 3.05) is 7.11 Å². The fourth-order valence-corrected chi connectivity index (χ4v) is 1.57. The van der Waals surface area contributed by atoms with E-state index in [1.807, 2.05) is 58.0 Å². The summed E-state index contributed by atoms with van der Waals surface area (Å²) in [5.74, 6) is 0.471. The van der Waals surface area contributed by atoms with Crippen LogP contribution in [0.1, 0.15) is 33.3 Å². The number of carbonyl (C=O) groups excluding carboxylic acids is 1. The molecule has 0 bridgehead atoms. The summed E-state index contributed by atoms with van der Waals surface area (Å²) >= 11 is 0. The van der Waals surface area contributed by atoms with Crippen LogP contribution in [0.15, 0.2) is 42.5 Å². The van der Waals surface area contributed by atoms with Gasteiger partial charge in [-0.15, -0.1) is 0 Å². The van der Waals surface area contributed by atoms with Crippen molar-refractivity contribution in [1.29, 1.82) is 0 Å². The summed E-state index contributed by atoms with van der Waals surface area (Å²) in [4.78, 5) is 11.5. The van der Waals surface area contributed by atoms with Crippen LogP contribution in [0.25, 0.3) is 5.57 Å². The number of hydrogen-bond acceptors (Lipinski definition) is 3. The molecule has 0 saturated heterocycles. The number of methoxy groups -OCH3 is 1. The summed E-state index contributed by atoms with van der Waals surface area (Å²) in [5, 5.41) is 0. The van der Waals surface area contributed by atoms with E-state index in [0.29, 0.717) is 0 Å². The van der Waals surface area contributed by atoms with Gasteiger partial charge in [0.25, 0.3) is 0 Å². The zero-order valence-electron chi connectivity index (χ0n) is 12.8. The second-order valence-corrected chi connectivity index (χ2v) is 5.47. The van der Waals surface area contributed by atoms with Crippen LogP contribution in [0.4, 0.5) is 0 Å². The Morgan fingerprint density at radius 3 is 2.55 bits per heavy atom. The van der Waals surface area contributed by atoms with Gasteiger partial charge in [-0.1, -0.05) is 24.3 Å². The zero-order chi connectivity index (χ0) is 15.2. The van der Waals surface area contributed by atoms with E-state index < -0.39 is 5.60 Å². The Bertz CT molecular complexity index is 519. The molecule has 0 aliphatic rings. The molecule has 0 aliphatic carbocycles. The predicted octanol–water partition coefficient (Wildman–Crippen LogP) is 4.00. The van der Waals surface area contributed by atoms with Gasteiger partial charge in [0, 0.05) is 6.08 Å². The molecule has 0 heterocycles. The van der Waals surface area contributed by atoms with Crippen molar-refractivity contribution in [3.63, 3.8) is 0 Å². The summed E-state index contributed by atoms with van der Waals surface area (Å²) in [7, 11) is 1.64. The van der Waals surface area contributed by atoms with Crippen molar-refractivity contribution in [2.45, 2.75) is 33.3 Å². The van der Waals surface area contributed by atoms with Crippen molar-refractivity contribution in [3.05, 3.63) is 48.1 Å². The summed E-state index contributed by atoms with van der Waals surface area (Å²) < 4.78 is 10.4. The number of carbonyl (C=O) groups is 1. The van der Waals surface area contributed by atoms with Crippen molar-refractivity contribution in [3.8, 4) is 5.75 Å². The molecule has 20 heavy (non-hydrogen) atoms. The van der Waals surface area contributed by atoms with Crippen molar-refractivity contribution < 1.29 is 14.3 Å². The third kappa shape index (κ3) is 5.74. The summed E-state index contributed by atoms with van der Waals surface area (Å²) in [6.07, 6.45) is 5.00. The molecule has 3 heteroatoms. The number of hydrogen-bond donors (Lipinski definition) is 0. The third-order valence-electron chi connectivity index (χ3n) is 2.51. The molecule has 0 amide bonds. The first kappa shape index (κ1) is 16.0. The van der Waals surface area contributed by atoms with Gasteiger partial charge in [-0.25, -0.2) is 4.79 Å². The molecule has 0 spiro atoms. The van der Waals surface area contributed by atoms with Gasteiger partial charge in [0.2, 0.25) is 0 Å². The monoisotopic (exact) mass is 274 g/mol. The summed E-state index contributed by atoms with van der Waals surface area (Å²) in [6, 6.07) is 7.78. The highest BCUT2D eigenvalue weighted by Crippen LogP contribution is 2.19. The molecule has 0 unspecified atom stereocenters. The van der Waals surface area contributed by atoms with Gasteiger partial charge < -0.3 is 9.47 Å². The Balaban J connectivity index is 2.72. The number of ether oxygens (including phenoxy) is 2. The Kier molecular flexibility index (Phi) is 5.56. The lowest BCUT2D eigenvalue weighted by molar-refractivity contribution is -0.148. The van der Waals surface area contributed by atoms with E-state index in [2.05, 4.69) is 0 Å². The Hall–Kier alpha value is -2.03. The number of allylic oxidation sites excluding steroid dienone is 3. The average Bonchev–Trinajstić information content (AvgIpc) is 2.36. The molecule has 3 nitrogen and oxygen atoms in total. The highest BCUT2D eigenvalue weighted by atomic mass is 16.6. The van der Waals surface area contributed by atoms with Gasteiger partial charge in [-0.05, 0) is 51.0 Å². The number of benzene rings is 1. The number of rotatable bonds is 4. The quantitative estimate of drug-likeness (QED) is 0.473. The molecule has 1 aromatic rings. The minimum Gasteiger partial charge on any atom is -0.497 e. The first-order valence-corrected chi connectivity index (χ1v) is 6.54. The van der Waals surface area contributed by atoms with E-state index in [-0.39, 0.29) is 5.97 Å². The minimum atomic E-state index is -0.465. The molecular weight excluding hydrogens is 252 g/mol. The molecule has 0 atom stereocenters. The fraction of sp³-hybridized carbons (Fsp3) is 0.353. The van der Waals surface area contributed by atoms with E-state index in [1.165, 1.54) is 6.08 Å². The van der Waals surface area contributed by atoms with Crippen molar-refractivity contribution in [2.24, 2.45) is 0 Å². The molecule has 0 N–H and O–H groups in total. The van der Waals surface area contributed by atoms with E-state index in [4.69, 9.17) is 9.47 Å². The molecule has 0 fully saturated rings. The van der Waals surface area contributed by atoms with Gasteiger partial charge >= 0.3 is 5.97 Å². The van der Waals surface area contributed by atoms with E-state index >= 15 is 0 Å². The highest BCUT2D eigenvalue weighted by Gasteiger charge is 2.13. The zero-order valence-corrected chi connectivity index (χ0v) is 12.8. The maximum Gasteiger partial charge on any atom is 0.331 e. The van der Waals surface area contributed by atoms with Crippen LogP contribution < -0.4 is 4.74 Å². The molecule has 1 rings (SSSR count). The topological polar surface area (TPSA) is 35.5 Å². The fourth-order valence-electron chi connectivity index (χ4n) is 1.57. The second kappa shape index (κ2) is 6.94. The maximum absolute atomic E-state index is 11.5. The van der Waals surface area contributed by atoms with E-state index in [1.54, 1.807) is 13.2 Å². The highest BCUT2D eigenvalue weighted by molar-refractivity contribution is 5.83. The first-order chi connectivity index (χ1) is 9.31. The predicted molar refractivity (Wildman–Crippen MR) is 81.6 cm³/mol. The van der Waals surface area contributed by atoms with Gasteiger partial charge in [-0.2, -0.15) is 0 Å². The van der Waals surface area contributed by atoms with E-state index in [9.17, 15) is 4.79 Å². The molecule has 0 aliphatic heterocycles. The SMILES string of the molecule is COc1cccc(/C(C)=C/C=C/C(=O)OC(C)(C)C)c1. The van der Waals surface area contributed by atoms with Crippen molar-refractivity contribution >= 4 is 11.5 Å². The Labute approximate surface area is 120 Å². The number of esters is 1. The standard InChI is InChI=1S/C17H22O3/c1-13(14-9-7-10-15(12-14)19-5)8-6-11-16(18)20-17(2,3)4/h6-12H,1-5H3/b11-6+,13-8+. The van der Waals surface area contributed by atoms with Crippen LogP contribution in [0.2, 0.25) is 0 Å². The van der Waals surface area contributed by atoms with Crippen molar-refractivity contribution in [1.82, 2.24) is 0 Å². The molecular formula is C17H22O3. The lowest BCUT2D eigenvalue weighted by atomic mass is 10.1. The Morgan fingerprint density at radius 1 is 1.25 bits per heavy atom. The summed E-state index contributed by atoms with van der Waals surface area (Å²) in [5.41, 5.74) is 1.63. The Morgan fingerprint density at radius 2 is 1.95 bits per heavy atom. The van der Waals surface area contributed by atoms with Crippen LogP contribution >= 0.6 is 0 Å². The molecule has 0 radical (unpaired) electrons. The minimum absolute atomic E-state index is 0.341. The summed E-state index contributed by atoms with van der Waals surface area (Å²) in [6.45, 7) is 7.51. The van der Waals surface area contributed by atoms with Crippen LogP contribution in [0, 0.1) is 0 Å². The lowest BCUT2D eigenvalue weighted by Crippen LogP contribution is -2.22. The molecule has 1 aromatic carbocycles.